The zero-order valence-corrected chi connectivity index (χ0v) is 17.6. The molecular formula is C25H26N4O. The van der Waals surface area contributed by atoms with E-state index in [2.05, 4.69) is 77.7 Å². The first-order valence-electron chi connectivity index (χ1n) is 10.5. The van der Waals surface area contributed by atoms with Crippen molar-refractivity contribution in [1.82, 2.24) is 20.1 Å². The Hall–Kier alpha value is -3.34. The molecule has 152 valence electrons. The Kier molecular flexibility index (Phi) is 4.46. The summed E-state index contributed by atoms with van der Waals surface area (Å²) in [6.07, 6.45) is 2.85. The average Bonchev–Trinajstić information content (AvgIpc) is 3.41. The molecule has 1 aliphatic rings. The van der Waals surface area contributed by atoms with E-state index in [1.165, 1.54) is 16.5 Å². The molecule has 5 rings (SSSR count). The zero-order chi connectivity index (χ0) is 20.8. The second kappa shape index (κ2) is 7.17. The van der Waals surface area contributed by atoms with Gasteiger partial charge in [0.05, 0.1) is 6.04 Å². The van der Waals surface area contributed by atoms with Crippen molar-refractivity contribution in [3.05, 3.63) is 88.4 Å². The number of aryl methyl sites for hydroxylation is 1. The first-order valence-corrected chi connectivity index (χ1v) is 10.5. The molecule has 0 bridgehead atoms. The summed E-state index contributed by atoms with van der Waals surface area (Å²) in [6, 6.07) is 16.9. The van der Waals surface area contributed by atoms with Crippen LogP contribution >= 0.6 is 0 Å². The molecule has 0 fully saturated rings. The molecule has 30 heavy (non-hydrogen) atoms. The highest BCUT2D eigenvalue weighted by molar-refractivity contribution is 5.98. The van der Waals surface area contributed by atoms with Crippen molar-refractivity contribution in [3.63, 3.8) is 0 Å². The fourth-order valence-electron chi connectivity index (χ4n) is 4.56. The van der Waals surface area contributed by atoms with Crippen LogP contribution in [0.25, 0.3) is 10.9 Å². The van der Waals surface area contributed by atoms with Gasteiger partial charge in [-0.1, -0.05) is 56.3 Å². The summed E-state index contributed by atoms with van der Waals surface area (Å²) in [6.45, 7) is 7.03. The molecule has 1 amide bonds. The lowest BCUT2D eigenvalue weighted by Crippen LogP contribution is -2.31. The van der Waals surface area contributed by atoms with Crippen LogP contribution in [0.3, 0.4) is 0 Å². The molecule has 3 heterocycles. The number of fused-ring (bicyclic) bond motifs is 2. The number of aromatic amines is 2. The van der Waals surface area contributed by atoms with Crippen LogP contribution in [0.15, 0.2) is 54.7 Å². The number of carbonyl (C=O) groups excluding carboxylic acids is 1. The van der Waals surface area contributed by atoms with Gasteiger partial charge in [-0.15, -0.1) is 0 Å². The second-order valence-electron chi connectivity index (χ2n) is 8.44. The molecule has 2 aromatic carbocycles. The van der Waals surface area contributed by atoms with Crippen molar-refractivity contribution < 1.29 is 4.79 Å². The minimum absolute atomic E-state index is 0.00660. The molecule has 1 unspecified atom stereocenters. The Balaban J connectivity index is 1.48. The van der Waals surface area contributed by atoms with Gasteiger partial charge in [0, 0.05) is 34.9 Å². The maximum Gasteiger partial charge on any atom is 0.275 e. The number of aromatic nitrogens is 3. The number of carbonyl (C=O) groups is 1. The highest BCUT2D eigenvalue weighted by atomic mass is 16.2. The van der Waals surface area contributed by atoms with Gasteiger partial charge in [0.2, 0.25) is 0 Å². The van der Waals surface area contributed by atoms with Gasteiger partial charge in [-0.25, -0.2) is 0 Å². The van der Waals surface area contributed by atoms with E-state index in [1.807, 2.05) is 17.9 Å². The molecule has 5 nitrogen and oxygen atoms in total. The van der Waals surface area contributed by atoms with Crippen LogP contribution in [0.2, 0.25) is 0 Å². The predicted octanol–water partition coefficient (Wildman–Crippen LogP) is 5.11. The zero-order valence-electron chi connectivity index (χ0n) is 17.6. The van der Waals surface area contributed by atoms with E-state index in [1.54, 1.807) is 0 Å². The van der Waals surface area contributed by atoms with Gasteiger partial charge in [0.15, 0.2) is 5.69 Å². The first-order chi connectivity index (χ1) is 14.5. The summed E-state index contributed by atoms with van der Waals surface area (Å²) in [5.74, 6) is 0.487. The Morgan fingerprint density at radius 1 is 1.10 bits per heavy atom. The van der Waals surface area contributed by atoms with Crippen molar-refractivity contribution >= 4 is 16.8 Å². The summed E-state index contributed by atoms with van der Waals surface area (Å²) < 4.78 is 0. The Bertz CT molecular complexity index is 1220. The van der Waals surface area contributed by atoms with E-state index in [4.69, 9.17) is 0 Å². The second-order valence-corrected chi connectivity index (χ2v) is 8.44. The molecule has 0 aliphatic carbocycles. The highest BCUT2D eigenvalue weighted by Crippen LogP contribution is 2.39. The van der Waals surface area contributed by atoms with Gasteiger partial charge < -0.3 is 9.88 Å². The standard InChI is InChI=1S/C25H26N4O/c1-15(2)17-8-10-18(11-9-17)24-22-16(3)27-28-23(22)25(30)29(24)13-12-19-14-26-21-7-5-4-6-20(19)21/h4-11,14-15,24,26H,12-13H2,1-3H3,(H,27,28). The van der Waals surface area contributed by atoms with E-state index in [0.717, 1.165) is 28.8 Å². The minimum Gasteiger partial charge on any atom is -0.361 e. The lowest BCUT2D eigenvalue weighted by atomic mass is 9.95. The van der Waals surface area contributed by atoms with Crippen molar-refractivity contribution in [2.45, 2.75) is 39.2 Å². The topological polar surface area (TPSA) is 64.8 Å². The van der Waals surface area contributed by atoms with Gasteiger partial charge in [-0.3, -0.25) is 9.89 Å². The summed E-state index contributed by atoms with van der Waals surface area (Å²) in [5.41, 5.74) is 7.33. The fourth-order valence-corrected chi connectivity index (χ4v) is 4.56. The minimum atomic E-state index is -0.0994. The molecule has 0 radical (unpaired) electrons. The lowest BCUT2D eigenvalue weighted by molar-refractivity contribution is 0.0745. The van der Waals surface area contributed by atoms with Gasteiger partial charge in [0.1, 0.15) is 0 Å². The lowest BCUT2D eigenvalue weighted by Gasteiger charge is -2.26. The maximum atomic E-state index is 13.2. The number of rotatable bonds is 5. The molecular weight excluding hydrogens is 372 g/mol. The van der Waals surface area contributed by atoms with E-state index in [-0.39, 0.29) is 11.9 Å². The smallest absolute Gasteiger partial charge is 0.275 e. The summed E-state index contributed by atoms with van der Waals surface area (Å²) in [4.78, 5) is 18.5. The number of benzene rings is 2. The van der Waals surface area contributed by atoms with Crippen molar-refractivity contribution in [3.8, 4) is 0 Å². The molecule has 2 aromatic heterocycles. The number of hydrogen-bond acceptors (Lipinski definition) is 2. The number of amides is 1. The summed E-state index contributed by atoms with van der Waals surface area (Å²) >= 11 is 0. The summed E-state index contributed by atoms with van der Waals surface area (Å²) in [5, 5.41) is 8.55. The third-order valence-electron chi connectivity index (χ3n) is 6.26. The maximum absolute atomic E-state index is 13.2. The number of H-pyrrole nitrogens is 2. The van der Waals surface area contributed by atoms with Gasteiger partial charge in [-0.2, -0.15) is 5.10 Å². The van der Waals surface area contributed by atoms with Crippen LogP contribution in [0.5, 0.6) is 0 Å². The number of para-hydroxylation sites is 1. The van der Waals surface area contributed by atoms with Crippen molar-refractivity contribution in [1.29, 1.82) is 0 Å². The molecule has 1 atom stereocenters. The van der Waals surface area contributed by atoms with E-state index in [0.29, 0.717) is 18.2 Å². The molecule has 0 spiro atoms. The monoisotopic (exact) mass is 398 g/mol. The molecule has 0 saturated carbocycles. The third-order valence-corrected chi connectivity index (χ3v) is 6.26. The molecule has 0 saturated heterocycles. The normalized spacial score (nSPS) is 16.1. The average molecular weight is 399 g/mol. The summed E-state index contributed by atoms with van der Waals surface area (Å²) in [7, 11) is 0. The highest BCUT2D eigenvalue weighted by Gasteiger charge is 2.41. The quantitative estimate of drug-likeness (QED) is 0.491. The number of hydrogen-bond donors (Lipinski definition) is 2. The van der Waals surface area contributed by atoms with Crippen molar-refractivity contribution in [2.24, 2.45) is 0 Å². The van der Waals surface area contributed by atoms with Crippen LogP contribution in [0, 0.1) is 6.92 Å². The van der Waals surface area contributed by atoms with Crippen LogP contribution in [0.1, 0.15) is 64.2 Å². The molecule has 4 aromatic rings. The largest absolute Gasteiger partial charge is 0.361 e. The number of nitrogens with zero attached hydrogens (tertiary/aromatic N) is 2. The third kappa shape index (κ3) is 2.93. The SMILES string of the molecule is Cc1[nH]nc2c1C(c1ccc(C(C)C)cc1)N(CCc1c[nH]c3ccccc13)C2=O. The molecule has 5 heteroatoms. The van der Waals surface area contributed by atoms with Gasteiger partial charge >= 0.3 is 0 Å². The van der Waals surface area contributed by atoms with E-state index >= 15 is 0 Å². The number of nitrogens with one attached hydrogen (secondary N) is 2. The van der Waals surface area contributed by atoms with E-state index in [9.17, 15) is 4.79 Å². The Labute approximate surface area is 176 Å². The van der Waals surface area contributed by atoms with Crippen LogP contribution in [-0.4, -0.2) is 32.5 Å². The van der Waals surface area contributed by atoms with Crippen LogP contribution in [-0.2, 0) is 6.42 Å². The molecule has 1 aliphatic heterocycles. The van der Waals surface area contributed by atoms with E-state index < -0.39 is 0 Å². The first kappa shape index (κ1) is 18.7. The predicted molar refractivity (Wildman–Crippen MR) is 119 cm³/mol. The fraction of sp³-hybridized carbons (Fsp3) is 0.280. The molecule has 2 N–H and O–H groups in total. The Morgan fingerprint density at radius 2 is 1.87 bits per heavy atom. The van der Waals surface area contributed by atoms with Gasteiger partial charge in [-0.05, 0) is 42.0 Å². The van der Waals surface area contributed by atoms with Crippen LogP contribution in [0.4, 0.5) is 0 Å². The van der Waals surface area contributed by atoms with Gasteiger partial charge in [0.25, 0.3) is 5.91 Å². The van der Waals surface area contributed by atoms with Crippen molar-refractivity contribution in [2.75, 3.05) is 6.54 Å². The Morgan fingerprint density at radius 3 is 2.63 bits per heavy atom. The van der Waals surface area contributed by atoms with Crippen LogP contribution < -0.4 is 0 Å².